The second kappa shape index (κ2) is 5.27. The largest absolute Gasteiger partial charge is 0.439 e. The van der Waals surface area contributed by atoms with E-state index < -0.39 is 11.2 Å². The van der Waals surface area contributed by atoms with Gasteiger partial charge in [0, 0.05) is 32.8 Å². The zero-order valence-corrected chi connectivity index (χ0v) is 12.1. The quantitative estimate of drug-likeness (QED) is 0.546. The summed E-state index contributed by atoms with van der Waals surface area (Å²) in [5, 5.41) is 12.3. The van der Waals surface area contributed by atoms with Crippen molar-refractivity contribution in [3.8, 4) is 0 Å². The van der Waals surface area contributed by atoms with Crippen molar-refractivity contribution in [2.75, 3.05) is 6.61 Å². The van der Waals surface area contributed by atoms with Crippen LogP contribution in [-0.2, 0) is 15.9 Å². The van der Waals surface area contributed by atoms with E-state index in [4.69, 9.17) is 14.5 Å². The molecule has 0 aliphatic carbocycles. The predicted molar refractivity (Wildman–Crippen MR) is 74.8 cm³/mol. The lowest BCUT2D eigenvalue weighted by molar-refractivity contribution is -0.0893. The van der Waals surface area contributed by atoms with E-state index in [1.54, 1.807) is 13.7 Å². The van der Waals surface area contributed by atoms with Crippen LogP contribution in [-0.4, -0.2) is 46.3 Å². The lowest BCUT2D eigenvalue weighted by Crippen LogP contribution is -2.49. The highest BCUT2D eigenvalue weighted by molar-refractivity contribution is 6.46. The molecule has 1 atom stereocenters. The van der Waals surface area contributed by atoms with Gasteiger partial charge in [0.2, 0.25) is 0 Å². The van der Waals surface area contributed by atoms with Gasteiger partial charge >= 0.3 is 7.48 Å². The van der Waals surface area contributed by atoms with Crippen LogP contribution < -0.4 is 5.46 Å². The Morgan fingerprint density at radius 3 is 2.74 bits per heavy atom. The molecular weight excluding hydrogens is 243 g/mol. The maximum Gasteiger partial charge on any atom is 0.334 e. The van der Waals surface area contributed by atoms with Crippen LogP contribution in [0.4, 0.5) is 0 Å². The molecule has 2 heterocycles. The highest BCUT2D eigenvalue weighted by Crippen LogP contribution is 2.24. The molecule has 5 nitrogen and oxygen atoms in total. The summed E-state index contributed by atoms with van der Waals surface area (Å²) in [6.45, 7) is 9.19. The van der Waals surface area contributed by atoms with Crippen molar-refractivity contribution >= 4 is 12.9 Å². The van der Waals surface area contributed by atoms with Crippen molar-refractivity contribution in [1.82, 2.24) is 9.78 Å². The molecule has 0 amide bonds. The highest BCUT2D eigenvalue weighted by Gasteiger charge is 2.40. The van der Waals surface area contributed by atoms with Crippen LogP contribution in [0.25, 0.3) is 0 Å². The number of hydrogen-bond acceptors (Lipinski definition) is 3. The van der Waals surface area contributed by atoms with Crippen molar-refractivity contribution in [3.05, 3.63) is 12.4 Å². The van der Waals surface area contributed by atoms with Gasteiger partial charge in [0.25, 0.3) is 0 Å². The maximum atomic E-state index is 8.05. The van der Waals surface area contributed by atoms with Gasteiger partial charge in [-0.15, -0.1) is 0 Å². The summed E-state index contributed by atoms with van der Waals surface area (Å²) in [5.41, 5.74) is -0.303. The van der Waals surface area contributed by atoms with Gasteiger partial charge in [0.15, 0.2) is 5.60 Å². The summed E-state index contributed by atoms with van der Waals surface area (Å²) in [6, 6.07) is 0. The lowest BCUT2D eigenvalue weighted by atomic mass is 9.84. The van der Waals surface area contributed by atoms with Gasteiger partial charge in [-0.05, 0) is 25.7 Å². The number of ether oxygens (including phenoxy) is 1. The first-order valence-electron chi connectivity index (χ1n) is 6.68. The Morgan fingerprint density at radius 2 is 2.21 bits per heavy atom. The van der Waals surface area contributed by atoms with Crippen LogP contribution in [0.15, 0.2) is 12.4 Å². The first-order chi connectivity index (χ1) is 8.78. The molecule has 6 heteroatoms. The van der Waals surface area contributed by atoms with Gasteiger partial charge in [-0.25, -0.2) is 0 Å². The SMILES string of the molecule is CC(C)([OH2+])C(C)(C)O[B]c1cnn(CC2CCO2)c1. The van der Waals surface area contributed by atoms with Gasteiger partial charge in [0.1, 0.15) is 5.60 Å². The van der Waals surface area contributed by atoms with Crippen LogP contribution in [0.2, 0.25) is 0 Å². The molecule has 0 saturated carbocycles. The maximum absolute atomic E-state index is 8.05. The second-order valence-corrected chi connectivity index (χ2v) is 6.15. The Hall–Kier alpha value is -0.845. The molecule has 0 spiro atoms. The van der Waals surface area contributed by atoms with Crippen molar-refractivity contribution in [2.45, 2.75) is 58.0 Å². The molecule has 0 aromatic carbocycles. The number of nitrogens with zero attached hydrogens (tertiary/aromatic N) is 2. The fourth-order valence-electron chi connectivity index (χ4n) is 1.54. The summed E-state index contributed by atoms with van der Waals surface area (Å²) in [5.74, 6) is 0. The first kappa shape index (κ1) is 14.6. The summed E-state index contributed by atoms with van der Waals surface area (Å²) in [6.07, 6.45) is 5.12. The van der Waals surface area contributed by atoms with Crippen molar-refractivity contribution in [3.63, 3.8) is 0 Å². The first-order valence-corrected chi connectivity index (χ1v) is 6.68. The standard InChI is InChI=1S/C13H22BN2O3/c1-12(2,17)13(3,4)19-14-10-7-15-16(8-10)9-11-5-6-18-11/h7-8,11,17H,5-6,9H2,1-4H3/p+1. The number of hydrogen-bond donors (Lipinski definition) is 0. The molecule has 1 radical (unpaired) electrons. The molecule has 1 aliphatic rings. The molecule has 1 aromatic heterocycles. The Kier molecular flexibility index (Phi) is 4.04. The van der Waals surface area contributed by atoms with Gasteiger partial charge in [-0.1, -0.05) is 0 Å². The minimum Gasteiger partial charge on any atom is -0.439 e. The normalized spacial score (nSPS) is 20.2. The predicted octanol–water partition coefficient (Wildman–Crippen LogP) is 0.215. The van der Waals surface area contributed by atoms with E-state index in [1.807, 2.05) is 38.6 Å². The molecular formula is C13H23BN2O3+. The third-order valence-electron chi connectivity index (χ3n) is 3.83. The minimum atomic E-state index is -0.667. The summed E-state index contributed by atoms with van der Waals surface area (Å²) < 4.78 is 13.0. The van der Waals surface area contributed by atoms with Crippen LogP contribution in [0.3, 0.4) is 0 Å². The van der Waals surface area contributed by atoms with Crippen LogP contribution in [0, 0.1) is 0 Å². The Labute approximate surface area is 115 Å². The highest BCUT2D eigenvalue weighted by atomic mass is 16.5. The monoisotopic (exact) mass is 266 g/mol. The fourth-order valence-corrected chi connectivity index (χ4v) is 1.54. The van der Waals surface area contributed by atoms with Crippen molar-refractivity contribution in [1.29, 1.82) is 0 Å². The van der Waals surface area contributed by atoms with E-state index in [9.17, 15) is 0 Å². The van der Waals surface area contributed by atoms with E-state index in [2.05, 4.69) is 5.10 Å². The van der Waals surface area contributed by atoms with Crippen molar-refractivity contribution in [2.24, 2.45) is 0 Å². The van der Waals surface area contributed by atoms with Gasteiger partial charge in [-0.3, -0.25) is 4.68 Å². The zero-order chi connectivity index (χ0) is 14.1. The topological polar surface area (TPSA) is 59.2 Å². The molecule has 1 unspecified atom stereocenters. The lowest BCUT2D eigenvalue weighted by Gasteiger charge is -2.33. The molecule has 1 aromatic rings. The molecule has 1 fully saturated rings. The van der Waals surface area contributed by atoms with Gasteiger partial charge in [0.05, 0.1) is 12.6 Å². The van der Waals surface area contributed by atoms with E-state index in [-0.39, 0.29) is 0 Å². The zero-order valence-electron chi connectivity index (χ0n) is 12.1. The van der Waals surface area contributed by atoms with E-state index in [1.165, 1.54) is 0 Å². The summed E-state index contributed by atoms with van der Waals surface area (Å²) >= 11 is 0. The third-order valence-corrected chi connectivity index (χ3v) is 3.83. The van der Waals surface area contributed by atoms with Crippen LogP contribution in [0.1, 0.15) is 34.1 Å². The Balaban J connectivity index is 1.86. The molecule has 0 bridgehead atoms. The van der Waals surface area contributed by atoms with E-state index >= 15 is 0 Å². The van der Waals surface area contributed by atoms with Crippen LogP contribution >= 0.6 is 0 Å². The minimum absolute atomic E-state index is 0.303. The summed E-state index contributed by atoms with van der Waals surface area (Å²) in [4.78, 5) is 0. The molecule has 2 rings (SSSR count). The fraction of sp³-hybridized carbons (Fsp3) is 0.769. The average Bonchev–Trinajstić information content (AvgIpc) is 2.67. The number of rotatable bonds is 6. The second-order valence-electron chi connectivity index (χ2n) is 6.15. The van der Waals surface area contributed by atoms with E-state index in [0.717, 1.165) is 25.0 Å². The van der Waals surface area contributed by atoms with Crippen LogP contribution in [0.5, 0.6) is 0 Å². The molecule has 1 saturated heterocycles. The van der Waals surface area contributed by atoms with Gasteiger partial charge < -0.3 is 14.5 Å². The van der Waals surface area contributed by atoms with E-state index in [0.29, 0.717) is 6.10 Å². The number of aromatic nitrogens is 2. The average molecular weight is 266 g/mol. The third kappa shape index (κ3) is 3.58. The van der Waals surface area contributed by atoms with Crippen molar-refractivity contribution < 1.29 is 14.5 Å². The smallest absolute Gasteiger partial charge is 0.334 e. The van der Waals surface area contributed by atoms with Gasteiger partial charge in [-0.2, -0.15) is 5.10 Å². The summed E-state index contributed by atoms with van der Waals surface area (Å²) in [7, 11) is 1.68. The molecule has 105 valence electrons. The molecule has 2 N–H and O–H groups in total. The molecule has 19 heavy (non-hydrogen) atoms. The Bertz CT molecular complexity index is 422. The molecule has 1 aliphatic heterocycles. The Morgan fingerprint density at radius 1 is 1.53 bits per heavy atom.